The van der Waals surface area contributed by atoms with E-state index in [1.54, 1.807) is 25.1 Å². The normalized spacial score (nSPS) is 15.2. The van der Waals surface area contributed by atoms with E-state index in [2.05, 4.69) is 10.6 Å². The third-order valence-corrected chi connectivity index (χ3v) is 5.83. The lowest BCUT2D eigenvalue weighted by atomic mass is 10.1. The number of aryl methyl sites for hydroxylation is 2. The number of hydrogen-bond donors (Lipinski definition) is 2. The number of nitro benzene ring substituents is 1. The van der Waals surface area contributed by atoms with Crippen molar-refractivity contribution < 1.29 is 14.5 Å². The maximum absolute atomic E-state index is 12.6. The molecular formula is C23H29N5O4. The Kier molecular flexibility index (Phi) is 7.42. The van der Waals surface area contributed by atoms with Gasteiger partial charge in [-0.1, -0.05) is 30.3 Å². The minimum Gasteiger partial charge on any atom is -0.363 e. The number of anilines is 2. The van der Waals surface area contributed by atoms with E-state index < -0.39 is 6.04 Å². The molecule has 3 rings (SSSR count). The number of carbonyl (C=O) groups is 2. The molecule has 1 aliphatic heterocycles. The van der Waals surface area contributed by atoms with Gasteiger partial charge in [0.15, 0.2) is 0 Å². The SMILES string of the molecule is Cc1cccc(C)c1NC(=O)CNC(=O)C(C)N1CCN(c2ccccc2[N+](=O)[O-])CC1. The highest BCUT2D eigenvalue weighted by molar-refractivity contribution is 5.96. The van der Waals surface area contributed by atoms with Crippen LogP contribution in [0.15, 0.2) is 42.5 Å². The fourth-order valence-electron chi connectivity index (χ4n) is 3.91. The van der Waals surface area contributed by atoms with Gasteiger partial charge in [-0.25, -0.2) is 0 Å². The molecule has 1 heterocycles. The van der Waals surface area contributed by atoms with Gasteiger partial charge in [-0.15, -0.1) is 0 Å². The third-order valence-electron chi connectivity index (χ3n) is 5.83. The summed E-state index contributed by atoms with van der Waals surface area (Å²) in [6.45, 7) is 7.89. The number of hydrogen-bond acceptors (Lipinski definition) is 6. The van der Waals surface area contributed by atoms with Crippen LogP contribution in [-0.4, -0.2) is 60.4 Å². The Morgan fingerprint density at radius 2 is 1.66 bits per heavy atom. The van der Waals surface area contributed by atoms with Crippen molar-refractivity contribution in [2.24, 2.45) is 0 Å². The molecule has 2 amide bonds. The lowest BCUT2D eigenvalue weighted by Gasteiger charge is -2.38. The molecule has 2 aromatic carbocycles. The lowest BCUT2D eigenvalue weighted by Crippen LogP contribution is -2.54. The summed E-state index contributed by atoms with van der Waals surface area (Å²) >= 11 is 0. The summed E-state index contributed by atoms with van der Waals surface area (Å²) in [5, 5.41) is 16.9. The summed E-state index contributed by atoms with van der Waals surface area (Å²) in [4.78, 5) is 39.8. The Labute approximate surface area is 187 Å². The second-order valence-corrected chi connectivity index (χ2v) is 7.98. The monoisotopic (exact) mass is 439 g/mol. The first-order valence-corrected chi connectivity index (χ1v) is 10.6. The van der Waals surface area contributed by atoms with Gasteiger partial charge in [-0.2, -0.15) is 0 Å². The van der Waals surface area contributed by atoms with Crippen molar-refractivity contribution in [3.8, 4) is 0 Å². The number of amides is 2. The number of benzene rings is 2. The molecule has 1 unspecified atom stereocenters. The van der Waals surface area contributed by atoms with Crippen molar-refractivity contribution in [1.82, 2.24) is 10.2 Å². The first-order chi connectivity index (χ1) is 15.3. The van der Waals surface area contributed by atoms with Crippen molar-refractivity contribution >= 4 is 28.9 Å². The number of rotatable bonds is 7. The summed E-state index contributed by atoms with van der Waals surface area (Å²) in [7, 11) is 0. The summed E-state index contributed by atoms with van der Waals surface area (Å²) < 4.78 is 0. The van der Waals surface area contributed by atoms with Crippen LogP contribution < -0.4 is 15.5 Å². The van der Waals surface area contributed by atoms with E-state index in [-0.39, 0.29) is 29.0 Å². The van der Waals surface area contributed by atoms with Gasteiger partial charge in [0, 0.05) is 37.9 Å². The molecule has 1 aliphatic rings. The van der Waals surface area contributed by atoms with E-state index in [4.69, 9.17) is 0 Å². The highest BCUT2D eigenvalue weighted by atomic mass is 16.6. The fourth-order valence-corrected chi connectivity index (χ4v) is 3.91. The van der Waals surface area contributed by atoms with Gasteiger partial charge in [0.1, 0.15) is 5.69 Å². The Morgan fingerprint density at radius 1 is 1.03 bits per heavy atom. The zero-order valence-corrected chi connectivity index (χ0v) is 18.6. The number of para-hydroxylation sites is 3. The minimum atomic E-state index is -0.407. The van der Waals surface area contributed by atoms with Crippen LogP contribution in [0.25, 0.3) is 0 Å². The Bertz CT molecular complexity index is 981. The van der Waals surface area contributed by atoms with Crippen molar-refractivity contribution in [2.75, 3.05) is 42.9 Å². The van der Waals surface area contributed by atoms with Crippen LogP contribution in [0.4, 0.5) is 17.1 Å². The second kappa shape index (κ2) is 10.2. The van der Waals surface area contributed by atoms with Crippen LogP contribution in [0, 0.1) is 24.0 Å². The van der Waals surface area contributed by atoms with Gasteiger partial charge in [-0.05, 0) is 38.0 Å². The number of nitrogens with one attached hydrogen (secondary N) is 2. The van der Waals surface area contributed by atoms with Crippen LogP contribution in [0.3, 0.4) is 0 Å². The average Bonchev–Trinajstić information content (AvgIpc) is 2.79. The average molecular weight is 440 g/mol. The van der Waals surface area contributed by atoms with Crippen LogP contribution >= 0.6 is 0 Å². The van der Waals surface area contributed by atoms with Gasteiger partial charge < -0.3 is 15.5 Å². The van der Waals surface area contributed by atoms with Gasteiger partial charge in [0.2, 0.25) is 11.8 Å². The molecule has 2 N–H and O–H groups in total. The van der Waals surface area contributed by atoms with Crippen LogP contribution in [0.5, 0.6) is 0 Å². The topological polar surface area (TPSA) is 108 Å². The zero-order valence-electron chi connectivity index (χ0n) is 18.6. The Morgan fingerprint density at radius 3 is 2.28 bits per heavy atom. The lowest BCUT2D eigenvalue weighted by molar-refractivity contribution is -0.384. The van der Waals surface area contributed by atoms with Gasteiger partial charge >= 0.3 is 0 Å². The maximum Gasteiger partial charge on any atom is 0.292 e. The van der Waals surface area contributed by atoms with E-state index in [0.29, 0.717) is 31.9 Å². The van der Waals surface area contributed by atoms with Crippen LogP contribution in [-0.2, 0) is 9.59 Å². The number of carbonyl (C=O) groups excluding carboxylic acids is 2. The first kappa shape index (κ1) is 23.2. The predicted octanol–water partition coefficient (Wildman–Crippen LogP) is 2.48. The Hall–Kier alpha value is -3.46. The molecule has 0 saturated carbocycles. The molecular weight excluding hydrogens is 410 g/mol. The standard InChI is InChI=1S/C23H29N5O4/c1-16-7-6-8-17(2)22(16)25-21(29)15-24-23(30)18(3)26-11-13-27(14-12-26)19-9-4-5-10-20(19)28(31)32/h4-10,18H,11-15H2,1-3H3,(H,24,30)(H,25,29). The van der Waals surface area contributed by atoms with Crippen molar-refractivity contribution in [3.63, 3.8) is 0 Å². The molecule has 0 radical (unpaired) electrons. The summed E-state index contributed by atoms with van der Waals surface area (Å²) in [5.41, 5.74) is 3.38. The molecule has 0 spiro atoms. The summed E-state index contributed by atoms with van der Waals surface area (Å²) in [6.07, 6.45) is 0. The second-order valence-electron chi connectivity index (χ2n) is 7.98. The van der Waals surface area contributed by atoms with Crippen molar-refractivity contribution in [3.05, 3.63) is 63.7 Å². The highest BCUT2D eigenvalue weighted by Crippen LogP contribution is 2.28. The predicted molar refractivity (Wildman–Crippen MR) is 124 cm³/mol. The van der Waals surface area contributed by atoms with E-state index in [0.717, 1.165) is 16.8 Å². The van der Waals surface area contributed by atoms with E-state index in [1.807, 2.05) is 41.8 Å². The summed E-state index contributed by atoms with van der Waals surface area (Å²) in [5.74, 6) is -0.495. The number of nitro groups is 1. The molecule has 0 aromatic heterocycles. The summed E-state index contributed by atoms with van der Waals surface area (Å²) in [6, 6.07) is 12.1. The molecule has 0 aliphatic carbocycles. The molecule has 32 heavy (non-hydrogen) atoms. The quantitative estimate of drug-likeness (QED) is 0.507. The first-order valence-electron chi connectivity index (χ1n) is 10.6. The fraction of sp³-hybridized carbons (Fsp3) is 0.391. The molecule has 1 fully saturated rings. The number of nitrogens with zero attached hydrogens (tertiary/aromatic N) is 3. The van der Waals surface area contributed by atoms with Crippen molar-refractivity contribution in [1.29, 1.82) is 0 Å². The van der Waals surface area contributed by atoms with E-state index in [1.165, 1.54) is 6.07 Å². The minimum absolute atomic E-state index is 0.0849. The van der Waals surface area contributed by atoms with Gasteiger partial charge in [0.25, 0.3) is 5.69 Å². The van der Waals surface area contributed by atoms with Gasteiger partial charge in [-0.3, -0.25) is 24.6 Å². The van der Waals surface area contributed by atoms with Crippen LogP contribution in [0.2, 0.25) is 0 Å². The largest absolute Gasteiger partial charge is 0.363 e. The van der Waals surface area contributed by atoms with Gasteiger partial charge in [0.05, 0.1) is 17.5 Å². The molecule has 2 aromatic rings. The van der Waals surface area contributed by atoms with Crippen molar-refractivity contribution in [2.45, 2.75) is 26.8 Å². The van der Waals surface area contributed by atoms with E-state index >= 15 is 0 Å². The maximum atomic E-state index is 12.6. The Balaban J connectivity index is 1.50. The zero-order chi connectivity index (χ0) is 23.3. The molecule has 1 saturated heterocycles. The molecule has 170 valence electrons. The molecule has 9 nitrogen and oxygen atoms in total. The van der Waals surface area contributed by atoms with Crippen LogP contribution in [0.1, 0.15) is 18.1 Å². The highest BCUT2D eigenvalue weighted by Gasteiger charge is 2.28. The smallest absolute Gasteiger partial charge is 0.292 e. The van der Waals surface area contributed by atoms with E-state index in [9.17, 15) is 19.7 Å². The molecule has 0 bridgehead atoms. The third kappa shape index (κ3) is 5.42. The number of piperazine rings is 1. The molecule has 9 heteroatoms. The molecule has 1 atom stereocenters.